The summed E-state index contributed by atoms with van der Waals surface area (Å²) in [5.41, 5.74) is 6.68. The van der Waals surface area contributed by atoms with Crippen LogP contribution >= 0.6 is 12.2 Å². The van der Waals surface area contributed by atoms with Gasteiger partial charge < -0.3 is 20.8 Å². The number of hydrogen-bond donors (Lipinski definition) is 4. The molecule has 1 fully saturated rings. The van der Waals surface area contributed by atoms with E-state index in [-0.39, 0.29) is 28.6 Å². The molecule has 3 heterocycles. The van der Waals surface area contributed by atoms with Gasteiger partial charge in [-0.15, -0.1) is 5.10 Å². The van der Waals surface area contributed by atoms with Crippen LogP contribution in [0.15, 0.2) is 35.0 Å². The second-order valence-electron chi connectivity index (χ2n) is 7.63. The Kier molecular flexibility index (Phi) is 6.42. The summed E-state index contributed by atoms with van der Waals surface area (Å²) in [5.74, 6) is -0.166. The standard InChI is InChI=1S/C20H25N7O3S/c21-9-4-7-14(24-18(29)15-11-22-16-8-1-2-10-27(15)16)17(28)23-13-6-3-5-12(13)19-25-26-20(31)30-19/h1-2,8,10-14H,3-7,9,21H2,(H,23,28)(H,24,29)(H,26,31)/t12-,13+,14+/m1/s1. The van der Waals surface area contributed by atoms with Crippen molar-refractivity contribution in [3.63, 3.8) is 0 Å². The Hall–Kier alpha value is -3.05. The highest BCUT2D eigenvalue weighted by atomic mass is 32.1. The van der Waals surface area contributed by atoms with Gasteiger partial charge in [-0.3, -0.25) is 14.0 Å². The topological polar surface area (TPSA) is 143 Å². The van der Waals surface area contributed by atoms with Gasteiger partial charge in [-0.05, 0) is 56.6 Å². The molecule has 10 nitrogen and oxygen atoms in total. The van der Waals surface area contributed by atoms with Gasteiger partial charge in [0.15, 0.2) is 0 Å². The number of aromatic amines is 1. The minimum atomic E-state index is -0.711. The fraction of sp³-hybridized carbons (Fsp3) is 0.450. The number of hydrogen-bond acceptors (Lipinski definition) is 7. The molecular formula is C20H25N7O3S. The van der Waals surface area contributed by atoms with Crippen LogP contribution in [0, 0.1) is 4.84 Å². The van der Waals surface area contributed by atoms with E-state index in [9.17, 15) is 9.59 Å². The largest absolute Gasteiger partial charge is 0.414 e. The van der Waals surface area contributed by atoms with Gasteiger partial charge >= 0.3 is 0 Å². The van der Waals surface area contributed by atoms with Crippen LogP contribution in [-0.2, 0) is 4.79 Å². The SMILES string of the molecule is NCCC[C@H](NC(=O)c1cnc2ccccn12)C(=O)N[C@H]1CCC[C@H]1c1n[nH]c(=S)o1. The summed E-state index contributed by atoms with van der Waals surface area (Å²) in [7, 11) is 0. The molecule has 0 radical (unpaired) electrons. The lowest BCUT2D eigenvalue weighted by Crippen LogP contribution is -2.50. The molecule has 1 saturated carbocycles. The van der Waals surface area contributed by atoms with Gasteiger partial charge in [-0.25, -0.2) is 10.1 Å². The van der Waals surface area contributed by atoms with Crippen molar-refractivity contribution in [1.82, 2.24) is 30.2 Å². The normalized spacial score (nSPS) is 19.4. The van der Waals surface area contributed by atoms with E-state index in [2.05, 4.69) is 25.8 Å². The quantitative estimate of drug-likeness (QED) is 0.388. The zero-order valence-corrected chi connectivity index (χ0v) is 17.7. The van der Waals surface area contributed by atoms with Crippen molar-refractivity contribution < 1.29 is 14.0 Å². The van der Waals surface area contributed by atoms with E-state index in [0.29, 0.717) is 36.6 Å². The minimum Gasteiger partial charge on any atom is -0.414 e. The number of carbonyl (C=O) groups excluding carboxylic acids is 2. The lowest BCUT2D eigenvalue weighted by Gasteiger charge is -2.23. The van der Waals surface area contributed by atoms with Gasteiger partial charge in [0.05, 0.1) is 12.1 Å². The molecule has 0 saturated heterocycles. The maximum absolute atomic E-state index is 13.1. The van der Waals surface area contributed by atoms with Gasteiger partial charge in [0.25, 0.3) is 10.7 Å². The molecule has 31 heavy (non-hydrogen) atoms. The number of imidazole rings is 1. The van der Waals surface area contributed by atoms with Crippen LogP contribution in [0.3, 0.4) is 0 Å². The Morgan fingerprint density at radius 1 is 1.39 bits per heavy atom. The molecule has 0 aliphatic heterocycles. The van der Waals surface area contributed by atoms with Crippen LogP contribution in [-0.4, -0.2) is 50.0 Å². The van der Waals surface area contributed by atoms with Crippen molar-refractivity contribution in [3.05, 3.63) is 47.0 Å². The minimum absolute atomic E-state index is 0.0541. The first-order valence-corrected chi connectivity index (χ1v) is 10.8. The number of pyridine rings is 1. The number of aromatic nitrogens is 4. The van der Waals surface area contributed by atoms with Crippen molar-refractivity contribution in [2.24, 2.45) is 5.73 Å². The van der Waals surface area contributed by atoms with Gasteiger partial charge in [-0.2, -0.15) is 0 Å². The number of nitrogens with two attached hydrogens (primary N) is 1. The van der Waals surface area contributed by atoms with E-state index in [1.165, 1.54) is 6.20 Å². The molecule has 11 heteroatoms. The maximum atomic E-state index is 13.1. The van der Waals surface area contributed by atoms with E-state index in [4.69, 9.17) is 22.4 Å². The van der Waals surface area contributed by atoms with Crippen molar-refractivity contribution in [2.45, 2.75) is 50.1 Å². The average Bonchev–Trinajstić information content (AvgIpc) is 3.50. The Balaban J connectivity index is 1.47. The Morgan fingerprint density at radius 3 is 3.03 bits per heavy atom. The molecule has 1 aliphatic rings. The number of rotatable bonds is 8. The molecule has 1 aliphatic carbocycles. The first-order valence-electron chi connectivity index (χ1n) is 10.4. The lowest BCUT2D eigenvalue weighted by atomic mass is 10.0. The molecule has 0 bridgehead atoms. The van der Waals surface area contributed by atoms with Gasteiger partial charge in [0.1, 0.15) is 17.4 Å². The molecule has 164 valence electrons. The molecule has 0 unspecified atom stereocenters. The fourth-order valence-electron chi connectivity index (χ4n) is 4.04. The van der Waals surface area contributed by atoms with E-state index in [0.717, 1.165) is 19.3 Å². The van der Waals surface area contributed by atoms with Crippen LogP contribution in [0.25, 0.3) is 5.65 Å². The fourth-order valence-corrected chi connectivity index (χ4v) is 4.17. The number of amides is 2. The van der Waals surface area contributed by atoms with Crippen LogP contribution < -0.4 is 16.4 Å². The summed E-state index contributed by atoms with van der Waals surface area (Å²) in [6.45, 7) is 0.426. The highest BCUT2D eigenvalue weighted by Crippen LogP contribution is 2.33. The van der Waals surface area contributed by atoms with Crippen molar-refractivity contribution in [3.8, 4) is 0 Å². The van der Waals surface area contributed by atoms with E-state index in [1.54, 1.807) is 10.6 Å². The first kappa shape index (κ1) is 21.2. The predicted molar refractivity (Wildman–Crippen MR) is 115 cm³/mol. The third-order valence-corrected chi connectivity index (χ3v) is 5.76. The van der Waals surface area contributed by atoms with Crippen LogP contribution in [0.5, 0.6) is 0 Å². The van der Waals surface area contributed by atoms with Gasteiger partial charge in [-0.1, -0.05) is 12.5 Å². The Labute approximate surface area is 183 Å². The summed E-state index contributed by atoms with van der Waals surface area (Å²) in [4.78, 5) is 30.4. The molecule has 4 rings (SSSR count). The van der Waals surface area contributed by atoms with E-state index in [1.807, 2.05) is 18.2 Å². The number of H-pyrrole nitrogens is 1. The molecule has 3 aromatic heterocycles. The van der Waals surface area contributed by atoms with Crippen LogP contribution in [0.2, 0.25) is 0 Å². The molecule has 5 N–H and O–H groups in total. The van der Waals surface area contributed by atoms with E-state index >= 15 is 0 Å². The van der Waals surface area contributed by atoms with Crippen molar-refractivity contribution >= 4 is 29.7 Å². The predicted octanol–water partition coefficient (Wildman–Crippen LogP) is 1.67. The molecule has 2 amide bonds. The zero-order chi connectivity index (χ0) is 21.8. The smallest absolute Gasteiger partial charge is 0.284 e. The number of carbonyl (C=O) groups is 2. The third kappa shape index (κ3) is 4.67. The summed E-state index contributed by atoms with van der Waals surface area (Å²) in [6, 6.07) is 4.63. The third-order valence-electron chi connectivity index (χ3n) is 5.58. The van der Waals surface area contributed by atoms with Crippen LogP contribution in [0.1, 0.15) is 54.4 Å². The molecule has 0 spiro atoms. The molecule has 3 atom stereocenters. The molecule has 3 aromatic rings. The molecular weight excluding hydrogens is 418 g/mol. The van der Waals surface area contributed by atoms with Gasteiger partial charge in [0.2, 0.25) is 11.8 Å². The Bertz CT molecular complexity index is 1120. The lowest BCUT2D eigenvalue weighted by molar-refractivity contribution is -0.124. The highest BCUT2D eigenvalue weighted by molar-refractivity contribution is 7.71. The summed E-state index contributed by atoms with van der Waals surface area (Å²) < 4.78 is 7.15. The second kappa shape index (κ2) is 9.40. The number of nitrogens with one attached hydrogen (secondary N) is 3. The second-order valence-corrected chi connectivity index (χ2v) is 8.00. The monoisotopic (exact) mass is 443 g/mol. The maximum Gasteiger partial charge on any atom is 0.284 e. The molecule has 0 aromatic carbocycles. The summed E-state index contributed by atoms with van der Waals surface area (Å²) >= 11 is 4.97. The summed E-state index contributed by atoms with van der Waals surface area (Å²) in [6.07, 6.45) is 6.88. The number of nitrogens with zero attached hydrogens (tertiary/aromatic N) is 3. The van der Waals surface area contributed by atoms with Crippen LogP contribution in [0.4, 0.5) is 0 Å². The average molecular weight is 444 g/mol. The highest BCUT2D eigenvalue weighted by Gasteiger charge is 2.35. The number of fused-ring (bicyclic) bond motifs is 1. The summed E-state index contributed by atoms with van der Waals surface area (Å²) in [5, 5.41) is 12.7. The van der Waals surface area contributed by atoms with Gasteiger partial charge in [0, 0.05) is 12.2 Å². The Morgan fingerprint density at radius 2 is 2.26 bits per heavy atom. The first-order chi connectivity index (χ1) is 15.1. The zero-order valence-electron chi connectivity index (χ0n) is 16.9. The van der Waals surface area contributed by atoms with Crippen molar-refractivity contribution in [2.75, 3.05) is 6.54 Å². The van der Waals surface area contributed by atoms with Crippen molar-refractivity contribution in [1.29, 1.82) is 0 Å². The van der Waals surface area contributed by atoms with E-state index < -0.39 is 6.04 Å².